The smallest absolute Gasteiger partial charge is 0.306 e. The SMILES string of the molecule is CC/C=C\C/C=C\C/C=C\C/C=C\C/C=C\CCCC(=O)O[C@H](COC(=O)CCCCCCCCCCC/C=C\C/C=C\CCCCC)COC(=O)CCCCCCCCCCCCCCCCCCCCC. The van der Waals surface area contributed by atoms with Gasteiger partial charge in [-0.05, 0) is 89.9 Å². The average Bonchev–Trinajstić information content (AvgIpc) is 3.39. The number of rotatable bonds is 56. The van der Waals surface area contributed by atoms with Crippen molar-refractivity contribution in [1.82, 2.24) is 0 Å². The molecule has 0 bridgehead atoms. The van der Waals surface area contributed by atoms with Crippen LogP contribution in [0.2, 0.25) is 0 Å². The van der Waals surface area contributed by atoms with Crippen molar-refractivity contribution in [3.05, 3.63) is 85.1 Å². The molecule has 1 atom stereocenters. The summed E-state index contributed by atoms with van der Waals surface area (Å²) in [5.41, 5.74) is 0. The molecule has 73 heavy (non-hydrogen) atoms. The van der Waals surface area contributed by atoms with E-state index in [0.29, 0.717) is 19.3 Å². The van der Waals surface area contributed by atoms with Crippen LogP contribution in [0, 0.1) is 0 Å². The van der Waals surface area contributed by atoms with Gasteiger partial charge in [0.2, 0.25) is 0 Å². The Labute approximate surface area is 452 Å². The van der Waals surface area contributed by atoms with E-state index < -0.39 is 6.10 Å². The minimum Gasteiger partial charge on any atom is -0.462 e. The third-order valence-electron chi connectivity index (χ3n) is 13.4. The second kappa shape index (κ2) is 61.1. The minimum absolute atomic E-state index is 0.0979. The maximum Gasteiger partial charge on any atom is 0.306 e. The van der Waals surface area contributed by atoms with Crippen molar-refractivity contribution in [2.24, 2.45) is 0 Å². The first-order chi connectivity index (χ1) is 36.0. The summed E-state index contributed by atoms with van der Waals surface area (Å²) in [6, 6.07) is 0. The van der Waals surface area contributed by atoms with E-state index in [1.54, 1.807) is 0 Å². The van der Waals surface area contributed by atoms with E-state index in [0.717, 1.165) is 83.5 Å². The fourth-order valence-electron chi connectivity index (χ4n) is 8.75. The lowest BCUT2D eigenvalue weighted by Crippen LogP contribution is -2.30. The van der Waals surface area contributed by atoms with Crippen LogP contribution < -0.4 is 0 Å². The van der Waals surface area contributed by atoms with Crippen LogP contribution in [0.15, 0.2) is 85.1 Å². The minimum atomic E-state index is -0.808. The Morgan fingerprint density at radius 1 is 0.288 bits per heavy atom. The lowest BCUT2D eigenvalue weighted by Gasteiger charge is -2.18. The van der Waals surface area contributed by atoms with Crippen molar-refractivity contribution in [3.63, 3.8) is 0 Å². The third-order valence-corrected chi connectivity index (χ3v) is 13.4. The third kappa shape index (κ3) is 59.3. The Hall–Kier alpha value is -3.41. The molecular formula is C67H116O6. The largest absolute Gasteiger partial charge is 0.462 e. The Bertz CT molecular complexity index is 1400. The molecule has 0 aromatic rings. The molecule has 0 amide bonds. The number of hydrogen-bond donors (Lipinski definition) is 0. The predicted octanol–water partition coefficient (Wildman–Crippen LogP) is 21.1. The van der Waals surface area contributed by atoms with Crippen molar-refractivity contribution in [2.45, 2.75) is 309 Å². The molecule has 0 aromatic heterocycles. The molecule has 0 fully saturated rings. The normalized spacial score (nSPS) is 12.6. The molecule has 0 N–H and O–H groups in total. The second-order valence-corrected chi connectivity index (χ2v) is 20.6. The predicted molar refractivity (Wildman–Crippen MR) is 316 cm³/mol. The van der Waals surface area contributed by atoms with Gasteiger partial charge in [-0.2, -0.15) is 0 Å². The average molecular weight is 1020 g/mol. The van der Waals surface area contributed by atoms with Crippen LogP contribution in [0.3, 0.4) is 0 Å². The maximum atomic E-state index is 12.9. The zero-order chi connectivity index (χ0) is 52.9. The standard InChI is InChI=1S/C67H116O6/c1-4-7-10-13-16-19-22-25-28-31-33-36-38-41-44-47-50-53-56-59-65(68)71-62-64(73-67(70)61-58-55-52-49-46-43-40-35-30-27-24-21-18-15-12-9-6-3)63-72-66(69)60-57-54-51-48-45-42-39-37-34-32-29-26-23-20-17-14-11-8-5-2/h9,12,16,18-19,21,25,27-28,30,40,43,49,52,64H,4-8,10-11,13-15,17,20,22-24,26,29,31-39,41-42,44-48,50-51,53-63H2,1-3H3/b12-9-,19-16-,21-18-,28-25-,30-27-,43-40-,52-49-/t64-/m1/s1. The van der Waals surface area contributed by atoms with Crippen LogP contribution in [0.5, 0.6) is 0 Å². The van der Waals surface area contributed by atoms with Crippen LogP contribution in [0.25, 0.3) is 0 Å². The molecular weight excluding hydrogens is 901 g/mol. The summed E-state index contributed by atoms with van der Waals surface area (Å²) in [6.45, 7) is 6.49. The van der Waals surface area contributed by atoms with Gasteiger partial charge in [-0.3, -0.25) is 14.4 Å². The highest BCUT2D eigenvalue weighted by Gasteiger charge is 2.19. The second-order valence-electron chi connectivity index (χ2n) is 20.6. The lowest BCUT2D eigenvalue weighted by atomic mass is 10.0. The molecule has 0 spiro atoms. The fraction of sp³-hybridized carbons (Fsp3) is 0.746. The summed E-state index contributed by atoms with van der Waals surface area (Å²) >= 11 is 0. The van der Waals surface area contributed by atoms with E-state index in [4.69, 9.17) is 14.2 Å². The Kier molecular flexibility index (Phi) is 58.3. The van der Waals surface area contributed by atoms with Crippen LogP contribution in [0.1, 0.15) is 303 Å². The van der Waals surface area contributed by atoms with Gasteiger partial charge in [0.25, 0.3) is 0 Å². The van der Waals surface area contributed by atoms with Gasteiger partial charge in [0.05, 0.1) is 0 Å². The van der Waals surface area contributed by atoms with E-state index in [-0.39, 0.29) is 37.5 Å². The van der Waals surface area contributed by atoms with Crippen LogP contribution in [-0.2, 0) is 28.6 Å². The van der Waals surface area contributed by atoms with Gasteiger partial charge in [-0.1, -0.05) is 279 Å². The van der Waals surface area contributed by atoms with Gasteiger partial charge in [0, 0.05) is 19.3 Å². The van der Waals surface area contributed by atoms with Gasteiger partial charge in [0.1, 0.15) is 13.2 Å². The summed E-state index contributed by atoms with van der Waals surface area (Å²) < 4.78 is 16.9. The monoisotopic (exact) mass is 1020 g/mol. The molecule has 0 saturated carbocycles. The molecule has 420 valence electrons. The first-order valence-corrected chi connectivity index (χ1v) is 31.1. The molecule has 0 saturated heterocycles. The number of carbonyl (C=O) groups excluding carboxylic acids is 3. The molecule has 0 aliphatic carbocycles. The fourth-order valence-corrected chi connectivity index (χ4v) is 8.75. The zero-order valence-electron chi connectivity index (χ0n) is 48.1. The Balaban J connectivity index is 4.43. The zero-order valence-corrected chi connectivity index (χ0v) is 48.1. The highest BCUT2D eigenvalue weighted by molar-refractivity contribution is 5.71. The molecule has 0 radical (unpaired) electrons. The number of esters is 3. The number of hydrogen-bond acceptors (Lipinski definition) is 6. The molecule has 6 nitrogen and oxygen atoms in total. The Morgan fingerprint density at radius 3 is 0.904 bits per heavy atom. The quantitative estimate of drug-likeness (QED) is 0.0261. The van der Waals surface area contributed by atoms with Crippen LogP contribution >= 0.6 is 0 Å². The van der Waals surface area contributed by atoms with Gasteiger partial charge in [-0.25, -0.2) is 0 Å². The van der Waals surface area contributed by atoms with Crippen molar-refractivity contribution >= 4 is 17.9 Å². The molecule has 0 heterocycles. The van der Waals surface area contributed by atoms with Crippen LogP contribution in [-0.4, -0.2) is 37.2 Å². The van der Waals surface area contributed by atoms with Gasteiger partial charge >= 0.3 is 17.9 Å². The Morgan fingerprint density at radius 2 is 0.548 bits per heavy atom. The first kappa shape index (κ1) is 69.6. The summed E-state index contributed by atoms with van der Waals surface area (Å²) in [5, 5.41) is 0. The molecule has 0 aliphatic heterocycles. The summed E-state index contributed by atoms with van der Waals surface area (Å²) in [4.78, 5) is 38.3. The summed E-state index contributed by atoms with van der Waals surface area (Å²) in [5.74, 6) is -0.949. The number of carbonyl (C=O) groups is 3. The van der Waals surface area contributed by atoms with Gasteiger partial charge in [-0.15, -0.1) is 0 Å². The van der Waals surface area contributed by atoms with Crippen molar-refractivity contribution in [1.29, 1.82) is 0 Å². The van der Waals surface area contributed by atoms with E-state index in [9.17, 15) is 14.4 Å². The molecule has 0 rings (SSSR count). The summed E-state index contributed by atoms with van der Waals surface area (Å²) in [6.07, 6.45) is 80.2. The van der Waals surface area contributed by atoms with E-state index in [1.165, 1.54) is 173 Å². The first-order valence-electron chi connectivity index (χ1n) is 31.1. The van der Waals surface area contributed by atoms with Gasteiger partial charge in [0.15, 0.2) is 6.10 Å². The maximum absolute atomic E-state index is 12.9. The van der Waals surface area contributed by atoms with Crippen molar-refractivity contribution < 1.29 is 28.6 Å². The molecule has 0 aromatic carbocycles. The molecule has 0 aliphatic rings. The van der Waals surface area contributed by atoms with E-state index >= 15 is 0 Å². The topological polar surface area (TPSA) is 78.9 Å². The van der Waals surface area contributed by atoms with Gasteiger partial charge < -0.3 is 14.2 Å². The lowest BCUT2D eigenvalue weighted by molar-refractivity contribution is -0.167. The van der Waals surface area contributed by atoms with E-state index in [2.05, 4.69) is 106 Å². The van der Waals surface area contributed by atoms with Crippen molar-refractivity contribution in [3.8, 4) is 0 Å². The van der Waals surface area contributed by atoms with Crippen LogP contribution in [0.4, 0.5) is 0 Å². The summed E-state index contributed by atoms with van der Waals surface area (Å²) in [7, 11) is 0. The molecule has 0 unspecified atom stereocenters. The van der Waals surface area contributed by atoms with E-state index in [1.807, 2.05) is 0 Å². The highest BCUT2D eigenvalue weighted by atomic mass is 16.6. The number of allylic oxidation sites excluding steroid dienone is 14. The number of ether oxygens (including phenoxy) is 3. The number of unbranched alkanes of at least 4 members (excludes halogenated alkanes) is 31. The molecule has 6 heteroatoms. The highest BCUT2D eigenvalue weighted by Crippen LogP contribution is 2.16. The van der Waals surface area contributed by atoms with Crippen molar-refractivity contribution in [2.75, 3.05) is 13.2 Å².